The third-order valence-electron chi connectivity index (χ3n) is 3.50. The maximum Gasteiger partial charge on any atom is 0.313 e. The van der Waals surface area contributed by atoms with E-state index in [1.807, 2.05) is 18.2 Å². The summed E-state index contributed by atoms with van der Waals surface area (Å²) >= 11 is 4.77. The molecule has 0 spiro atoms. The Morgan fingerprint density at radius 3 is 2.95 bits per heavy atom. The molecular formula is C14H15BrN2O3S. The maximum atomic E-state index is 10.8. The second-order valence-electron chi connectivity index (χ2n) is 4.92. The van der Waals surface area contributed by atoms with Crippen molar-refractivity contribution >= 4 is 44.7 Å². The number of hydrogen-bond donors (Lipinski definition) is 1. The molecule has 2 heterocycles. The van der Waals surface area contributed by atoms with Crippen LogP contribution in [0.3, 0.4) is 0 Å². The van der Waals surface area contributed by atoms with E-state index in [1.54, 1.807) is 0 Å². The topological polar surface area (TPSA) is 64.3 Å². The molecule has 0 saturated carbocycles. The first kappa shape index (κ1) is 14.9. The molecule has 7 heteroatoms. The molecule has 1 N–H and O–H groups in total. The predicted octanol–water partition coefficient (Wildman–Crippen LogP) is 3.33. The summed E-state index contributed by atoms with van der Waals surface area (Å²) in [6.07, 6.45) is 1.86. The number of carbonyl (C=O) groups is 1. The Morgan fingerprint density at radius 2 is 2.24 bits per heavy atom. The molecule has 1 fully saturated rings. The van der Waals surface area contributed by atoms with Crippen molar-refractivity contribution in [1.82, 2.24) is 9.55 Å². The van der Waals surface area contributed by atoms with Crippen molar-refractivity contribution in [1.29, 1.82) is 0 Å². The fourth-order valence-corrected chi connectivity index (χ4v) is 3.72. The monoisotopic (exact) mass is 370 g/mol. The number of carboxylic acid groups (broad SMARTS) is 1. The molecule has 0 aliphatic carbocycles. The fraction of sp³-hybridized carbons (Fsp3) is 0.429. The summed E-state index contributed by atoms with van der Waals surface area (Å²) in [6.45, 7) is 1.47. The number of hydrogen-bond acceptors (Lipinski definition) is 4. The normalized spacial score (nSPS) is 16.4. The second-order valence-corrected chi connectivity index (χ2v) is 6.78. The molecule has 0 bridgehead atoms. The third-order valence-corrected chi connectivity index (χ3v) is 4.93. The Balaban J connectivity index is 2.04. The van der Waals surface area contributed by atoms with E-state index in [2.05, 4.69) is 25.5 Å². The number of nitrogens with zero attached hydrogens (tertiary/aromatic N) is 2. The van der Waals surface area contributed by atoms with Gasteiger partial charge in [-0.05, 0) is 31.0 Å². The zero-order chi connectivity index (χ0) is 14.8. The molecule has 5 nitrogen and oxygen atoms in total. The number of aliphatic carboxylic acids is 1. The zero-order valence-electron chi connectivity index (χ0n) is 11.3. The lowest BCUT2D eigenvalue weighted by Gasteiger charge is -2.25. The number of halogens is 1. The fourth-order valence-electron chi connectivity index (χ4n) is 2.57. The summed E-state index contributed by atoms with van der Waals surface area (Å²) in [5.41, 5.74) is 1.95. The number of ether oxygens (including phenoxy) is 1. The van der Waals surface area contributed by atoms with Crippen LogP contribution < -0.4 is 0 Å². The molecule has 0 atom stereocenters. The Kier molecular flexibility index (Phi) is 4.51. The van der Waals surface area contributed by atoms with E-state index >= 15 is 0 Å². The smallest absolute Gasteiger partial charge is 0.313 e. The quantitative estimate of drug-likeness (QED) is 0.836. The van der Waals surface area contributed by atoms with E-state index in [1.165, 1.54) is 11.8 Å². The second kappa shape index (κ2) is 6.37. The van der Waals surface area contributed by atoms with Gasteiger partial charge in [0.1, 0.15) is 0 Å². The number of thioether (sulfide) groups is 1. The van der Waals surface area contributed by atoms with Gasteiger partial charge in [0.2, 0.25) is 0 Å². The number of carboxylic acids is 1. The lowest BCUT2D eigenvalue weighted by Crippen LogP contribution is -2.20. The number of imidazole rings is 1. The minimum absolute atomic E-state index is 0.0215. The van der Waals surface area contributed by atoms with Gasteiger partial charge in [-0.1, -0.05) is 27.7 Å². The van der Waals surface area contributed by atoms with Gasteiger partial charge in [-0.15, -0.1) is 0 Å². The van der Waals surface area contributed by atoms with Crippen LogP contribution in [0.25, 0.3) is 11.0 Å². The molecule has 3 rings (SSSR count). The zero-order valence-corrected chi connectivity index (χ0v) is 13.7. The highest BCUT2D eigenvalue weighted by atomic mass is 79.9. The Morgan fingerprint density at radius 1 is 1.48 bits per heavy atom. The van der Waals surface area contributed by atoms with Crippen LogP contribution in [0.5, 0.6) is 0 Å². The summed E-state index contributed by atoms with van der Waals surface area (Å²) in [5.74, 6) is -0.806. The number of benzene rings is 1. The molecule has 0 unspecified atom stereocenters. The van der Waals surface area contributed by atoms with Crippen LogP contribution in [0.4, 0.5) is 0 Å². The van der Waals surface area contributed by atoms with Crippen LogP contribution in [0, 0.1) is 0 Å². The van der Waals surface area contributed by atoms with Gasteiger partial charge in [0.25, 0.3) is 0 Å². The molecule has 0 amide bonds. The van der Waals surface area contributed by atoms with Crippen LogP contribution in [0.15, 0.2) is 27.8 Å². The Bertz CT molecular complexity index is 668. The molecule has 1 aliphatic rings. The van der Waals surface area contributed by atoms with Crippen molar-refractivity contribution in [3.8, 4) is 0 Å². The number of aromatic nitrogens is 2. The third kappa shape index (κ3) is 3.25. The Labute approximate surface area is 134 Å². The minimum atomic E-state index is -0.827. The van der Waals surface area contributed by atoms with Gasteiger partial charge in [0.05, 0.1) is 16.8 Å². The van der Waals surface area contributed by atoms with Crippen LogP contribution >= 0.6 is 27.7 Å². The summed E-state index contributed by atoms with van der Waals surface area (Å²) in [4.78, 5) is 15.4. The van der Waals surface area contributed by atoms with E-state index < -0.39 is 5.97 Å². The molecule has 1 aromatic carbocycles. The maximum absolute atomic E-state index is 10.8. The molecule has 112 valence electrons. The summed E-state index contributed by atoms with van der Waals surface area (Å²) in [7, 11) is 0. The van der Waals surface area contributed by atoms with Gasteiger partial charge in [-0.2, -0.15) is 0 Å². The number of fused-ring (bicyclic) bond motifs is 1. The molecule has 1 aliphatic heterocycles. The van der Waals surface area contributed by atoms with Crippen LogP contribution in [0.2, 0.25) is 0 Å². The van der Waals surface area contributed by atoms with Gasteiger partial charge in [0.15, 0.2) is 5.16 Å². The minimum Gasteiger partial charge on any atom is -0.481 e. The largest absolute Gasteiger partial charge is 0.481 e. The predicted molar refractivity (Wildman–Crippen MR) is 84.9 cm³/mol. The summed E-state index contributed by atoms with van der Waals surface area (Å²) < 4.78 is 8.60. The van der Waals surface area contributed by atoms with Gasteiger partial charge in [-0.3, -0.25) is 4.79 Å². The molecule has 21 heavy (non-hydrogen) atoms. The van der Waals surface area contributed by atoms with E-state index in [-0.39, 0.29) is 5.75 Å². The van der Waals surface area contributed by atoms with Gasteiger partial charge in [0, 0.05) is 23.7 Å². The van der Waals surface area contributed by atoms with Crippen molar-refractivity contribution in [2.24, 2.45) is 0 Å². The molecular weight excluding hydrogens is 356 g/mol. The van der Waals surface area contributed by atoms with Crippen LogP contribution in [-0.4, -0.2) is 39.6 Å². The van der Waals surface area contributed by atoms with Gasteiger partial charge >= 0.3 is 5.97 Å². The highest BCUT2D eigenvalue weighted by molar-refractivity contribution is 9.10. The highest BCUT2D eigenvalue weighted by Gasteiger charge is 2.22. The molecule has 1 aromatic heterocycles. The highest BCUT2D eigenvalue weighted by Crippen LogP contribution is 2.33. The van der Waals surface area contributed by atoms with E-state index in [0.717, 1.165) is 46.7 Å². The average Bonchev–Trinajstić information content (AvgIpc) is 2.83. The van der Waals surface area contributed by atoms with Gasteiger partial charge < -0.3 is 14.4 Å². The van der Waals surface area contributed by atoms with Crippen molar-refractivity contribution in [3.63, 3.8) is 0 Å². The lowest BCUT2D eigenvalue weighted by atomic mass is 10.1. The summed E-state index contributed by atoms with van der Waals surface area (Å²) in [5, 5.41) is 9.69. The average molecular weight is 371 g/mol. The van der Waals surface area contributed by atoms with Crippen LogP contribution in [0.1, 0.15) is 18.9 Å². The SMILES string of the molecule is O=C(O)CSc1nc2ccc(Br)cc2n1C1CCOCC1. The van der Waals surface area contributed by atoms with Crippen molar-refractivity contribution in [2.75, 3.05) is 19.0 Å². The van der Waals surface area contributed by atoms with Crippen molar-refractivity contribution in [2.45, 2.75) is 24.0 Å². The Hall–Kier alpha value is -1.05. The van der Waals surface area contributed by atoms with E-state index in [0.29, 0.717) is 6.04 Å². The standard InChI is InChI=1S/C14H15BrN2O3S/c15-9-1-2-11-12(7-9)17(10-3-5-20-6-4-10)14(16-11)21-8-13(18)19/h1-2,7,10H,3-6,8H2,(H,18,19). The van der Waals surface area contributed by atoms with Crippen molar-refractivity contribution in [3.05, 3.63) is 22.7 Å². The van der Waals surface area contributed by atoms with E-state index in [4.69, 9.17) is 9.84 Å². The summed E-state index contributed by atoms with van der Waals surface area (Å²) in [6, 6.07) is 6.27. The van der Waals surface area contributed by atoms with Gasteiger partial charge in [-0.25, -0.2) is 4.98 Å². The molecule has 0 radical (unpaired) electrons. The first-order valence-corrected chi connectivity index (χ1v) is 8.53. The van der Waals surface area contributed by atoms with Crippen molar-refractivity contribution < 1.29 is 14.6 Å². The first-order valence-electron chi connectivity index (χ1n) is 6.75. The first-order chi connectivity index (χ1) is 10.1. The number of rotatable bonds is 4. The molecule has 1 saturated heterocycles. The lowest BCUT2D eigenvalue weighted by molar-refractivity contribution is -0.133. The van der Waals surface area contributed by atoms with E-state index in [9.17, 15) is 4.79 Å². The van der Waals surface area contributed by atoms with Crippen LogP contribution in [-0.2, 0) is 9.53 Å². The molecule has 2 aromatic rings.